The molecule has 7 heteroatoms. The normalized spacial score (nSPS) is 24.9. The monoisotopic (exact) mass is 439 g/mol. The minimum absolute atomic E-state index is 0.0286. The zero-order chi connectivity index (χ0) is 22.7. The molecule has 0 bridgehead atoms. The molecule has 172 valence electrons. The molecule has 32 heavy (non-hydrogen) atoms. The van der Waals surface area contributed by atoms with Crippen LogP contribution in [0.15, 0.2) is 48.5 Å². The van der Waals surface area contributed by atoms with E-state index in [2.05, 4.69) is 34.5 Å². The molecule has 2 aliphatic heterocycles. The van der Waals surface area contributed by atoms with Crippen molar-refractivity contribution in [2.24, 2.45) is 5.73 Å². The average molecular weight is 440 g/mol. The lowest BCUT2D eigenvalue weighted by Crippen LogP contribution is -2.51. The third-order valence-corrected chi connectivity index (χ3v) is 6.22. The molecule has 1 fully saturated rings. The van der Waals surface area contributed by atoms with Crippen molar-refractivity contribution >= 4 is 5.91 Å². The molecule has 0 aromatic heterocycles. The number of morpholine rings is 1. The van der Waals surface area contributed by atoms with Crippen LogP contribution in [0.2, 0.25) is 0 Å². The first-order valence-electron chi connectivity index (χ1n) is 11.2. The quantitative estimate of drug-likeness (QED) is 0.635. The summed E-state index contributed by atoms with van der Waals surface area (Å²) in [4.78, 5) is 14.9. The molecular weight excluding hydrogens is 406 g/mol. The van der Waals surface area contributed by atoms with E-state index in [-0.39, 0.29) is 18.4 Å². The summed E-state index contributed by atoms with van der Waals surface area (Å²) in [5, 5.41) is 13.4. The molecule has 1 amide bonds. The first-order valence-corrected chi connectivity index (χ1v) is 11.2. The van der Waals surface area contributed by atoms with Crippen molar-refractivity contribution < 1.29 is 19.4 Å². The number of nitrogens with one attached hydrogen (secondary N) is 1. The summed E-state index contributed by atoms with van der Waals surface area (Å²) in [5.74, 6) is 0.589. The van der Waals surface area contributed by atoms with Crippen LogP contribution in [0.1, 0.15) is 36.6 Å². The Morgan fingerprint density at radius 2 is 2.00 bits per heavy atom. The Kier molecular flexibility index (Phi) is 6.81. The summed E-state index contributed by atoms with van der Waals surface area (Å²) >= 11 is 0. The van der Waals surface area contributed by atoms with E-state index in [1.165, 1.54) is 5.56 Å². The van der Waals surface area contributed by atoms with E-state index in [1.54, 1.807) is 0 Å². The summed E-state index contributed by atoms with van der Waals surface area (Å²) in [7, 11) is 0. The Hall–Kier alpha value is -2.45. The van der Waals surface area contributed by atoms with Crippen molar-refractivity contribution in [3.63, 3.8) is 0 Å². The number of rotatable bonds is 6. The van der Waals surface area contributed by atoms with Crippen molar-refractivity contribution in [1.82, 2.24) is 10.2 Å². The SMILES string of the molecule is CC1(C)Oc2ccc(CC(=O)NCC3CN(Cc4ccccc4)CCO3)cc2C(N)C1O. The second-order valence-corrected chi connectivity index (χ2v) is 9.24. The Labute approximate surface area is 189 Å². The minimum Gasteiger partial charge on any atom is -0.485 e. The maximum atomic E-state index is 12.6. The zero-order valence-corrected chi connectivity index (χ0v) is 18.8. The number of aliphatic hydroxyl groups is 1. The molecule has 2 aliphatic rings. The highest BCUT2D eigenvalue weighted by molar-refractivity contribution is 5.78. The second kappa shape index (κ2) is 9.58. The number of carbonyl (C=O) groups excluding carboxylic acids is 1. The Morgan fingerprint density at radius 3 is 2.78 bits per heavy atom. The molecule has 2 heterocycles. The van der Waals surface area contributed by atoms with E-state index in [4.69, 9.17) is 15.2 Å². The van der Waals surface area contributed by atoms with E-state index in [9.17, 15) is 9.90 Å². The topological polar surface area (TPSA) is 97.0 Å². The first-order chi connectivity index (χ1) is 15.3. The van der Waals surface area contributed by atoms with Gasteiger partial charge >= 0.3 is 0 Å². The third kappa shape index (κ3) is 5.30. The van der Waals surface area contributed by atoms with Gasteiger partial charge in [0.05, 0.1) is 25.2 Å². The van der Waals surface area contributed by atoms with Crippen LogP contribution in [0.25, 0.3) is 0 Å². The summed E-state index contributed by atoms with van der Waals surface area (Å²) in [6.07, 6.45) is -0.611. The van der Waals surface area contributed by atoms with Crippen molar-refractivity contribution in [3.8, 4) is 5.75 Å². The van der Waals surface area contributed by atoms with Crippen molar-refractivity contribution in [2.75, 3.05) is 26.2 Å². The van der Waals surface area contributed by atoms with Gasteiger partial charge in [-0.15, -0.1) is 0 Å². The zero-order valence-electron chi connectivity index (χ0n) is 18.8. The molecule has 3 atom stereocenters. The molecule has 1 saturated heterocycles. The molecular formula is C25H33N3O4. The summed E-state index contributed by atoms with van der Waals surface area (Å²) in [6, 6.07) is 15.4. The maximum absolute atomic E-state index is 12.6. The van der Waals surface area contributed by atoms with Crippen molar-refractivity contribution in [2.45, 2.75) is 50.7 Å². The van der Waals surface area contributed by atoms with Crippen molar-refractivity contribution in [3.05, 3.63) is 65.2 Å². The highest BCUT2D eigenvalue weighted by Crippen LogP contribution is 2.38. The summed E-state index contributed by atoms with van der Waals surface area (Å²) < 4.78 is 11.7. The van der Waals surface area contributed by atoms with E-state index < -0.39 is 17.7 Å². The largest absolute Gasteiger partial charge is 0.485 e. The molecule has 2 aromatic rings. The minimum atomic E-state index is -0.818. The van der Waals surface area contributed by atoms with Crippen LogP contribution in [-0.4, -0.2) is 60.0 Å². The van der Waals surface area contributed by atoms with Gasteiger partial charge in [-0.1, -0.05) is 36.4 Å². The number of aliphatic hydroxyl groups excluding tert-OH is 1. The summed E-state index contributed by atoms with van der Waals surface area (Å²) in [5.41, 5.74) is 8.33. The second-order valence-electron chi connectivity index (χ2n) is 9.24. The number of carbonyl (C=O) groups is 1. The molecule has 7 nitrogen and oxygen atoms in total. The van der Waals surface area contributed by atoms with Crippen LogP contribution in [0.4, 0.5) is 0 Å². The fraction of sp³-hybridized carbons (Fsp3) is 0.480. The lowest BCUT2D eigenvalue weighted by atomic mass is 9.86. The first kappa shape index (κ1) is 22.7. The van der Waals surface area contributed by atoms with Gasteiger partial charge in [0, 0.05) is 31.7 Å². The number of fused-ring (bicyclic) bond motifs is 1. The van der Waals surface area contributed by atoms with Gasteiger partial charge in [0.1, 0.15) is 17.5 Å². The Bertz CT molecular complexity index is 934. The van der Waals surface area contributed by atoms with Crippen LogP contribution >= 0.6 is 0 Å². The van der Waals surface area contributed by atoms with Gasteiger partial charge in [-0.25, -0.2) is 0 Å². The van der Waals surface area contributed by atoms with Gasteiger partial charge < -0.3 is 25.6 Å². The highest BCUT2D eigenvalue weighted by Gasteiger charge is 2.41. The van der Waals surface area contributed by atoms with Crippen LogP contribution < -0.4 is 15.8 Å². The van der Waals surface area contributed by atoms with Crippen LogP contribution in [0.5, 0.6) is 5.75 Å². The van der Waals surface area contributed by atoms with E-state index in [1.807, 2.05) is 38.1 Å². The average Bonchev–Trinajstić information content (AvgIpc) is 2.78. The molecule has 4 rings (SSSR count). The van der Waals surface area contributed by atoms with Gasteiger partial charge in [-0.05, 0) is 37.1 Å². The number of hydrogen-bond donors (Lipinski definition) is 3. The fourth-order valence-electron chi connectivity index (χ4n) is 4.37. The van der Waals surface area contributed by atoms with E-state index >= 15 is 0 Å². The standard InChI is InChI=1S/C25H33N3O4/c1-25(2)24(30)23(26)20-12-18(8-9-21(20)32-25)13-22(29)27-14-19-16-28(10-11-31-19)15-17-6-4-3-5-7-17/h3-9,12,19,23-24,30H,10-11,13-16,26H2,1-2H3,(H,27,29). The predicted molar refractivity (Wildman–Crippen MR) is 122 cm³/mol. The van der Waals surface area contributed by atoms with Crippen molar-refractivity contribution in [1.29, 1.82) is 0 Å². The number of hydrogen-bond acceptors (Lipinski definition) is 6. The number of amides is 1. The van der Waals surface area contributed by atoms with E-state index in [0.29, 0.717) is 18.9 Å². The Morgan fingerprint density at radius 1 is 1.22 bits per heavy atom. The van der Waals surface area contributed by atoms with Gasteiger partial charge in [0.25, 0.3) is 0 Å². The molecule has 4 N–H and O–H groups in total. The van der Waals surface area contributed by atoms with Crippen LogP contribution in [0, 0.1) is 0 Å². The number of ether oxygens (including phenoxy) is 2. The number of nitrogens with two attached hydrogens (primary N) is 1. The number of benzene rings is 2. The van der Waals surface area contributed by atoms with E-state index in [0.717, 1.165) is 30.8 Å². The predicted octanol–water partition coefficient (Wildman–Crippen LogP) is 1.78. The molecule has 3 unspecified atom stereocenters. The fourth-order valence-corrected chi connectivity index (χ4v) is 4.37. The van der Waals surface area contributed by atoms with Gasteiger partial charge in [0.2, 0.25) is 5.91 Å². The van der Waals surface area contributed by atoms with Gasteiger partial charge in [-0.3, -0.25) is 9.69 Å². The maximum Gasteiger partial charge on any atom is 0.224 e. The smallest absolute Gasteiger partial charge is 0.224 e. The lowest BCUT2D eigenvalue weighted by Gasteiger charge is -2.40. The van der Waals surface area contributed by atoms with Crippen LogP contribution in [-0.2, 0) is 22.5 Å². The lowest BCUT2D eigenvalue weighted by molar-refractivity contribution is -0.121. The summed E-state index contributed by atoms with van der Waals surface area (Å²) in [6.45, 7) is 7.33. The molecule has 2 aromatic carbocycles. The Balaban J connectivity index is 1.29. The molecule has 0 aliphatic carbocycles. The third-order valence-electron chi connectivity index (χ3n) is 6.22. The van der Waals surface area contributed by atoms with Gasteiger partial charge in [0.15, 0.2) is 0 Å². The molecule has 0 saturated carbocycles. The molecule has 0 radical (unpaired) electrons. The van der Waals surface area contributed by atoms with Crippen LogP contribution in [0.3, 0.4) is 0 Å². The molecule has 0 spiro atoms. The number of nitrogens with zero attached hydrogens (tertiary/aromatic N) is 1. The van der Waals surface area contributed by atoms with Gasteiger partial charge in [-0.2, -0.15) is 0 Å². The highest BCUT2D eigenvalue weighted by atomic mass is 16.5.